The molecule has 0 saturated carbocycles. The summed E-state index contributed by atoms with van der Waals surface area (Å²) < 4.78 is 19.8. The number of methoxy groups -OCH3 is 1. The molecule has 0 heterocycles. The number of aliphatic hydroxyl groups excluding tert-OH is 1. The first-order chi connectivity index (χ1) is 11.7. The van der Waals surface area contributed by atoms with Gasteiger partial charge in [0, 0.05) is 5.56 Å². The summed E-state index contributed by atoms with van der Waals surface area (Å²) in [6.07, 6.45) is 0. The molecule has 0 amide bonds. The van der Waals surface area contributed by atoms with Crippen molar-refractivity contribution in [2.75, 3.05) is 7.11 Å². The van der Waals surface area contributed by atoms with Crippen LogP contribution in [-0.2, 0) is 12.2 Å². The molecule has 2 N–H and O–H groups in total. The topological polar surface area (TPSA) is 49.7 Å². The lowest BCUT2D eigenvalue weighted by molar-refractivity contribution is -0.0527. The van der Waals surface area contributed by atoms with Crippen molar-refractivity contribution in [2.24, 2.45) is 11.8 Å². The molecule has 0 aliphatic heterocycles. The quantitative estimate of drug-likeness (QED) is 0.810. The summed E-state index contributed by atoms with van der Waals surface area (Å²) in [5, 5.41) is 21.0. The van der Waals surface area contributed by atoms with E-state index in [-0.39, 0.29) is 24.3 Å². The van der Waals surface area contributed by atoms with Gasteiger partial charge in [-0.05, 0) is 52.8 Å². The van der Waals surface area contributed by atoms with E-state index in [0.29, 0.717) is 28.0 Å². The standard InChI is InChI=1S/C21H27FO3/c1-13(2)21(24,14(3)4)19-10-15(12-23)6-8-17(19)18-11-16(25-5)7-9-20(18)22/h6-11,13-14,23-24H,12H2,1-5H3. The fourth-order valence-corrected chi connectivity index (χ4v) is 3.38. The first-order valence-corrected chi connectivity index (χ1v) is 8.56. The third-order valence-electron chi connectivity index (χ3n) is 4.92. The highest BCUT2D eigenvalue weighted by atomic mass is 19.1. The van der Waals surface area contributed by atoms with Gasteiger partial charge in [-0.15, -0.1) is 0 Å². The molecule has 0 aliphatic rings. The minimum atomic E-state index is -1.16. The molecule has 0 aromatic heterocycles. The molecule has 3 nitrogen and oxygen atoms in total. The maximum absolute atomic E-state index is 14.6. The lowest BCUT2D eigenvalue weighted by Gasteiger charge is -2.38. The molecule has 0 fully saturated rings. The summed E-state index contributed by atoms with van der Waals surface area (Å²) in [4.78, 5) is 0. The molecule has 0 spiro atoms. The van der Waals surface area contributed by atoms with Crippen LogP contribution in [0, 0.1) is 17.7 Å². The largest absolute Gasteiger partial charge is 0.497 e. The number of aliphatic hydroxyl groups is 2. The van der Waals surface area contributed by atoms with E-state index in [0.717, 1.165) is 0 Å². The van der Waals surface area contributed by atoms with E-state index in [1.54, 1.807) is 30.3 Å². The molecular weight excluding hydrogens is 319 g/mol. The van der Waals surface area contributed by atoms with Crippen molar-refractivity contribution >= 4 is 0 Å². The third kappa shape index (κ3) is 3.55. The number of rotatable bonds is 6. The van der Waals surface area contributed by atoms with E-state index in [4.69, 9.17) is 4.74 Å². The van der Waals surface area contributed by atoms with E-state index in [2.05, 4.69) is 0 Å². The van der Waals surface area contributed by atoms with Crippen molar-refractivity contribution in [2.45, 2.75) is 39.9 Å². The Morgan fingerprint density at radius 2 is 1.64 bits per heavy atom. The van der Waals surface area contributed by atoms with Gasteiger partial charge in [-0.2, -0.15) is 0 Å². The van der Waals surface area contributed by atoms with Crippen LogP contribution in [0.4, 0.5) is 4.39 Å². The number of hydrogen-bond donors (Lipinski definition) is 2. The molecule has 2 aromatic rings. The van der Waals surface area contributed by atoms with Crippen LogP contribution in [0.2, 0.25) is 0 Å². The summed E-state index contributed by atoms with van der Waals surface area (Å²) in [5.41, 5.74) is 1.13. The molecule has 0 saturated heterocycles. The third-order valence-corrected chi connectivity index (χ3v) is 4.92. The van der Waals surface area contributed by atoms with Gasteiger partial charge >= 0.3 is 0 Å². The predicted octanol–water partition coefficient (Wildman–Crippen LogP) is 4.49. The minimum absolute atomic E-state index is 0.0890. The second-order valence-corrected chi connectivity index (χ2v) is 7.02. The molecule has 2 rings (SSSR count). The molecule has 0 bridgehead atoms. The molecule has 0 aliphatic carbocycles. The molecule has 25 heavy (non-hydrogen) atoms. The molecule has 136 valence electrons. The Labute approximate surface area is 149 Å². The minimum Gasteiger partial charge on any atom is -0.497 e. The van der Waals surface area contributed by atoms with Gasteiger partial charge in [-0.25, -0.2) is 4.39 Å². The molecule has 4 heteroatoms. The summed E-state index contributed by atoms with van der Waals surface area (Å²) in [5.74, 6) is -0.0115. The Kier molecular flexibility index (Phi) is 5.86. The summed E-state index contributed by atoms with van der Waals surface area (Å²) >= 11 is 0. The summed E-state index contributed by atoms with van der Waals surface area (Å²) in [7, 11) is 1.53. The second-order valence-electron chi connectivity index (χ2n) is 7.02. The number of halogens is 1. The van der Waals surface area contributed by atoms with Crippen molar-refractivity contribution in [3.05, 3.63) is 53.3 Å². The summed E-state index contributed by atoms with van der Waals surface area (Å²) in [6.45, 7) is 7.63. The Balaban J connectivity index is 2.80. The van der Waals surface area contributed by atoms with Crippen LogP contribution in [0.25, 0.3) is 11.1 Å². The second kappa shape index (κ2) is 7.54. The molecule has 0 atom stereocenters. The number of benzene rings is 2. The SMILES string of the molecule is COc1ccc(F)c(-c2ccc(CO)cc2C(O)(C(C)C)C(C)C)c1. The first-order valence-electron chi connectivity index (χ1n) is 8.56. The first kappa shape index (κ1) is 19.4. The van der Waals surface area contributed by atoms with Gasteiger partial charge in [-0.1, -0.05) is 39.8 Å². The fourth-order valence-electron chi connectivity index (χ4n) is 3.38. The highest BCUT2D eigenvalue weighted by Gasteiger charge is 2.39. The van der Waals surface area contributed by atoms with Gasteiger partial charge < -0.3 is 14.9 Å². The highest BCUT2D eigenvalue weighted by Crippen LogP contribution is 2.43. The van der Waals surface area contributed by atoms with Crippen molar-refractivity contribution in [3.63, 3.8) is 0 Å². The Hall–Kier alpha value is -1.91. The Morgan fingerprint density at radius 3 is 2.16 bits per heavy atom. The lowest BCUT2D eigenvalue weighted by atomic mass is 9.72. The van der Waals surface area contributed by atoms with Crippen molar-refractivity contribution in [3.8, 4) is 16.9 Å². The van der Waals surface area contributed by atoms with Crippen LogP contribution >= 0.6 is 0 Å². The van der Waals surface area contributed by atoms with Crippen molar-refractivity contribution in [1.29, 1.82) is 0 Å². The zero-order chi connectivity index (χ0) is 18.8. The highest BCUT2D eigenvalue weighted by molar-refractivity contribution is 5.71. The maximum Gasteiger partial charge on any atom is 0.131 e. The predicted molar refractivity (Wildman–Crippen MR) is 97.9 cm³/mol. The average molecular weight is 346 g/mol. The monoisotopic (exact) mass is 346 g/mol. The van der Waals surface area contributed by atoms with Crippen LogP contribution < -0.4 is 4.74 Å². The van der Waals surface area contributed by atoms with Gasteiger partial charge in [-0.3, -0.25) is 0 Å². The van der Waals surface area contributed by atoms with Gasteiger partial charge in [0.1, 0.15) is 11.6 Å². The van der Waals surface area contributed by atoms with Crippen LogP contribution in [-0.4, -0.2) is 17.3 Å². The summed E-state index contributed by atoms with van der Waals surface area (Å²) in [6, 6.07) is 9.84. The molecule has 0 radical (unpaired) electrons. The smallest absolute Gasteiger partial charge is 0.131 e. The Morgan fingerprint density at radius 1 is 1.00 bits per heavy atom. The van der Waals surface area contributed by atoms with Crippen molar-refractivity contribution in [1.82, 2.24) is 0 Å². The lowest BCUT2D eigenvalue weighted by Crippen LogP contribution is -2.38. The normalized spacial score (nSPS) is 12.1. The van der Waals surface area contributed by atoms with Crippen molar-refractivity contribution < 1.29 is 19.3 Å². The Bertz CT molecular complexity index is 730. The van der Waals surface area contributed by atoms with Gasteiger partial charge in [0.25, 0.3) is 0 Å². The van der Waals surface area contributed by atoms with E-state index in [1.165, 1.54) is 13.2 Å². The van der Waals surface area contributed by atoms with Crippen LogP contribution in [0.3, 0.4) is 0 Å². The molecule has 2 aromatic carbocycles. The van der Waals surface area contributed by atoms with E-state index in [9.17, 15) is 14.6 Å². The van der Waals surface area contributed by atoms with Gasteiger partial charge in [0.2, 0.25) is 0 Å². The van der Waals surface area contributed by atoms with Crippen LogP contribution in [0.15, 0.2) is 36.4 Å². The van der Waals surface area contributed by atoms with Gasteiger partial charge in [0.05, 0.1) is 19.3 Å². The maximum atomic E-state index is 14.6. The van der Waals surface area contributed by atoms with E-state index in [1.807, 2.05) is 27.7 Å². The molecule has 0 unspecified atom stereocenters. The molecular formula is C21H27FO3. The van der Waals surface area contributed by atoms with Crippen LogP contribution in [0.1, 0.15) is 38.8 Å². The zero-order valence-corrected chi connectivity index (χ0v) is 15.5. The van der Waals surface area contributed by atoms with Gasteiger partial charge in [0.15, 0.2) is 0 Å². The van der Waals surface area contributed by atoms with E-state index < -0.39 is 5.60 Å². The number of ether oxygens (including phenoxy) is 1. The zero-order valence-electron chi connectivity index (χ0n) is 15.5. The number of hydrogen-bond acceptors (Lipinski definition) is 3. The van der Waals surface area contributed by atoms with E-state index >= 15 is 0 Å². The van der Waals surface area contributed by atoms with Crippen LogP contribution in [0.5, 0.6) is 5.75 Å². The average Bonchev–Trinajstić information content (AvgIpc) is 2.60. The fraction of sp³-hybridized carbons (Fsp3) is 0.429.